The molecule has 1 atom stereocenters. The SMILES string of the molecule is O=C(O)CCC1CCCCN1C(=O)N1CCS(=O)(=O)CC1. The highest BCUT2D eigenvalue weighted by Crippen LogP contribution is 2.23. The molecule has 120 valence electrons. The van der Waals surface area contributed by atoms with Crippen molar-refractivity contribution >= 4 is 21.8 Å². The van der Waals surface area contributed by atoms with Gasteiger partial charge in [0.2, 0.25) is 0 Å². The van der Waals surface area contributed by atoms with Crippen molar-refractivity contribution in [2.45, 2.75) is 38.1 Å². The molecule has 2 aliphatic heterocycles. The number of amides is 2. The van der Waals surface area contributed by atoms with Gasteiger partial charge in [0, 0.05) is 32.1 Å². The van der Waals surface area contributed by atoms with Crippen molar-refractivity contribution in [1.82, 2.24) is 9.80 Å². The molecule has 0 saturated carbocycles. The van der Waals surface area contributed by atoms with Crippen LogP contribution in [0.2, 0.25) is 0 Å². The molecule has 1 N–H and O–H groups in total. The number of piperidine rings is 1. The topological polar surface area (TPSA) is 95.0 Å². The number of carbonyl (C=O) groups is 2. The largest absolute Gasteiger partial charge is 0.481 e. The molecule has 0 radical (unpaired) electrons. The molecule has 2 aliphatic rings. The molecule has 0 aromatic heterocycles. The van der Waals surface area contributed by atoms with Crippen molar-refractivity contribution < 1.29 is 23.1 Å². The number of carboxylic acids is 1. The van der Waals surface area contributed by atoms with Gasteiger partial charge in [-0.05, 0) is 25.7 Å². The van der Waals surface area contributed by atoms with Crippen LogP contribution >= 0.6 is 0 Å². The number of rotatable bonds is 3. The summed E-state index contributed by atoms with van der Waals surface area (Å²) in [6, 6.07) is -0.180. The molecule has 0 bridgehead atoms. The Morgan fingerprint density at radius 3 is 2.38 bits per heavy atom. The Bertz CT molecular complexity index is 491. The second-order valence-corrected chi connectivity index (χ2v) is 8.00. The van der Waals surface area contributed by atoms with Gasteiger partial charge in [-0.1, -0.05) is 0 Å². The van der Waals surface area contributed by atoms with Gasteiger partial charge in [-0.15, -0.1) is 0 Å². The van der Waals surface area contributed by atoms with Gasteiger partial charge in [0.1, 0.15) is 0 Å². The van der Waals surface area contributed by atoms with E-state index < -0.39 is 15.8 Å². The van der Waals surface area contributed by atoms with Crippen molar-refractivity contribution in [1.29, 1.82) is 0 Å². The second-order valence-electron chi connectivity index (χ2n) is 5.70. The fourth-order valence-electron chi connectivity index (χ4n) is 2.93. The molecule has 0 aromatic rings. The molecule has 8 heteroatoms. The molecule has 1 unspecified atom stereocenters. The van der Waals surface area contributed by atoms with Crippen molar-refractivity contribution in [3.8, 4) is 0 Å². The Morgan fingerprint density at radius 1 is 1.10 bits per heavy atom. The van der Waals surface area contributed by atoms with E-state index in [4.69, 9.17) is 5.11 Å². The molecular formula is C13H22N2O5S. The lowest BCUT2D eigenvalue weighted by molar-refractivity contribution is -0.137. The lowest BCUT2D eigenvalue weighted by Gasteiger charge is -2.40. The first-order valence-corrected chi connectivity index (χ1v) is 9.19. The summed E-state index contributed by atoms with van der Waals surface area (Å²) in [5.41, 5.74) is 0. The molecule has 2 rings (SSSR count). The van der Waals surface area contributed by atoms with Crippen molar-refractivity contribution in [2.75, 3.05) is 31.1 Å². The Labute approximate surface area is 124 Å². The van der Waals surface area contributed by atoms with Crippen LogP contribution in [-0.2, 0) is 14.6 Å². The average Bonchev–Trinajstić information content (AvgIpc) is 2.44. The van der Waals surface area contributed by atoms with E-state index in [0.717, 1.165) is 19.3 Å². The summed E-state index contributed by atoms with van der Waals surface area (Å²) >= 11 is 0. The number of carboxylic acid groups (broad SMARTS) is 1. The van der Waals surface area contributed by atoms with Gasteiger partial charge in [-0.25, -0.2) is 13.2 Å². The molecule has 2 saturated heterocycles. The standard InChI is InChI=1S/C13H22N2O5S/c16-12(17)5-4-11-3-1-2-6-15(11)13(18)14-7-9-21(19,20)10-8-14/h11H,1-10H2,(H,16,17). The third-order valence-corrected chi connectivity index (χ3v) is 5.79. The zero-order valence-electron chi connectivity index (χ0n) is 12.0. The summed E-state index contributed by atoms with van der Waals surface area (Å²) < 4.78 is 22.8. The molecule has 2 fully saturated rings. The number of likely N-dealkylation sites (tertiary alicyclic amines) is 1. The first-order valence-electron chi connectivity index (χ1n) is 7.37. The van der Waals surface area contributed by atoms with E-state index in [0.29, 0.717) is 13.0 Å². The van der Waals surface area contributed by atoms with Gasteiger partial charge in [0.15, 0.2) is 9.84 Å². The maximum Gasteiger partial charge on any atom is 0.320 e. The number of nitrogens with zero attached hydrogens (tertiary/aromatic N) is 2. The summed E-state index contributed by atoms with van der Waals surface area (Å²) in [5.74, 6) is -0.810. The van der Waals surface area contributed by atoms with Gasteiger partial charge in [0.05, 0.1) is 11.5 Å². The number of urea groups is 1. The highest BCUT2D eigenvalue weighted by atomic mass is 32.2. The van der Waals surface area contributed by atoms with Gasteiger partial charge in [-0.2, -0.15) is 0 Å². The number of aliphatic carboxylic acids is 1. The third kappa shape index (κ3) is 4.33. The van der Waals surface area contributed by atoms with Crippen LogP contribution in [0, 0.1) is 0 Å². The zero-order chi connectivity index (χ0) is 15.5. The van der Waals surface area contributed by atoms with E-state index in [1.165, 1.54) is 0 Å². The highest BCUT2D eigenvalue weighted by molar-refractivity contribution is 7.91. The quantitative estimate of drug-likeness (QED) is 0.820. The summed E-state index contributed by atoms with van der Waals surface area (Å²) in [6.07, 6.45) is 3.27. The summed E-state index contributed by atoms with van der Waals surface area (Å²) in [7, 11) is -3.01. The highest BCUT2D eigenvalue weighted by Gasteiger charge is 2.33. The zero-order valence-corrected chi connectivity index (χ0v) is 12.8. The van der Waals surface area contributed by atoms with Crippen LogP contribution in [0.3, 0.4) is 0 Å². The molecule has 21 heavy (non-hydrogen) atoms. The van der Waals surface area contributed by atoms with Crippen molar-refractivity contribution in [3.05, 3.63) is 0 Å². The van der Waals surface area contributed by atoms with Gasteiger partial charge < -0.3 is 14.9 Å². The molecule has 0 spiro atoms. The first kappa shape index (κ1) is 16.1. The first-order chi connectivity index (χ1) is 9.89. The van der Waals surface area contributed by atoms with Gasteiger partial charge in [-0.3, -0.25) is 4.79 Å². The maximum absolute atomic E-state index is 12.5. The number of hydrogen-bond acceptors (Lipinski definition) is 4. The predicted molar refractivity (Wildman–Crippen MR) is 76.8 cm³/mol. The Balaban J connectivity index is 1.96. The van der Waals surface area contributed by atoms with E-state index in [2.05, 4.69) is 0 Å². The second kappa shape index (κ2) is 6.64. The summed E-state index contributed by atoms with van der Waals surface area (Å²) in [4.78, 5) is 26.6. The summed E-state index contributed by atoms with van der Waals surface area (Å²) in [6.45, 7) is 1.11. The number of sulfone groups is 1. The minimum Gasteiger partial charge on any atom is -0.481 e. The lowest BCUT2D eigenvalue weighted by atomic mass is 9.98. The monoisotopic (exact) mass is 318 g/mol. The molecular weight excluding hydrogens is 296 g/mol. The van der Waals surface area contributed by atoms with Crippen LogP contribution in [-0.4, -0.2) is 72.5 Å². The summed E-state index contributed by atoms with van der Waals surface area (Å²) in [5, 5.41) is 8.79. The van der Waals surface area contributed by atoms with E-state index in [9.17, 15) is 18.0 Å². The number of hydrogen-bond donors (Lipinski definition) is 1. The fraction of sp³-hybridized carbons (Fsp3) is 0.846. The van der Waals surface area contributed by atoms with Crippen LogP contribution in [0.15, 0.2) is 0 Å². The minimum atomic E-state index is -3.01. The predicted octanol–water partition coefficient (Wildman–Crippen LogP) is 0.556. The Morgan fingerprint density at radius 2 is 1.76 bits per heavy atom. The molecule has 0 aliphatic carbocycles. The smallest absolute Gasteiger partial charge is 0.320 e. The maximum atomic E-state index is 12.5. The Hall–Kier alpha value is -1.31. The van der Waals surface area contributed by atoms with E-state index in [1.807, 2.05) is 0 Å². The molecule has 7 nitrogen and oxygen atoms in total. The van der Waals surface area contributed by atoms with E-state index in [-0.39, 0.29) is 43.1 Å². The van der Waals surface area contributed by atoms with Crippen molar-refractivity contribution in [2.24, 2.45) is 0 Å². The lowest BCUT2D eigenvalue weighted by Crippen LogP contribution is -2.54. The van der Waals surface area contributed by atoms with E-state index in [1.54, 1.807) is 9.80 Å². The van der Waals surface area contributed by atoms with Crippen LogP contribution < -0.4 is 0 Å². The van der Waals surface area contributed by atoms with Crippen LogP contribution in [0.25, 0.3) is 0 Å². The van der Waals surface area contributed by atoms with Crippen LogP contribution in [0.1, 0.15) is 32.1 Å². The Kier molecular flexibility index (Phi) is 5.08. The number of carbonyl (C=O) groups excluding carboxylic acids is 1. The molecule has 0 aromatic carbocycles. The van der Waals surface area contributed by atoms with Gasteiger partial charge in [0.25, 0.3) is 0 Å². The fourth-order valence-corrected chi connectivity index (χ4v) is 4.13. The molecule has 2 amide bonds. The van der Waals surface area contributed by atoms with Crippen LogP contribution in [0.4, 0.5) is 4.79 Å². The van der Waals surface area contributed by atoms with Crippen LogP contribution in [0.5, 0.6) is 0 Å². The molecule has 2 heterocycles. The van der Waals surface area contributed by atoms with Crippen molar-refractivity contribution in [3.63, 3.8) is 0 Å². The average molecular weight is 318 g/mol. The van der Waals surface area contributed by atoms with E-state index >= 15 is 0 Å². The normalized spacial score (nSPS) is 25.6. The third-order valence-electron chi connectivity index (χ3n) is 4.18. The minimum absolute atomic E-state index is 0.0202. The van der Waals surface area contributed by atoms with Gasteiger partial charge >= 0.3 is 12.0 Å².